The van der Waals surface area contributed by atoms with Gasteiger partial charge in [-0.1, -0.05) is 12.5 Å². The Morgan fingerprint density at radius 3 is 2.52 bits per heavy atom. The van der Waals surface area contributed by atoms with Crippen LogP contribution >= 0.6 is 0 Å². The van der Waals surface area contributed by atoms with E-state index in [1.165, 1.54) is 13.2 Å². The number of hydrogen-bond acceptors (Lipinski definition) is 6. The first kappa shape index (κ1) is 26.6. The highest BCUT2D eigenvalue weighted by molar-refractivity contribution is 6.03. The fourth-order valence-electron chi connectivity index (χ4n) is 5.85. The number of pyridine rings is 1. The van der Waals surface area contributed by atoms with E-state index in [1.54, 1.807) is 16.8 Å². The van der Waals surface area contributed by atoms with Crippen molar-refractivity contribution in [2.75, 3.05) is 33.4 Å². The van der Waals surface area contributed by atoms with E-state index in [2.05, 4.69) is 5.10 Å². The number of hydrogen-bond donors (Lipinski definition) is 0. The van der Waals surface area contributed by atoms with Crippen molar-refractivity contribution in [3.8, 4) is 22.6 Å². The van der Waals surface area contributed by atoms with Crippen molar-refractivity contribution >= 4 is 17.2 Å². The zero-order valence-corrected chi connectivity index (χ0v) is 22.1. The second-order valence-corrected chi connectivity index (χ2v) is 10.7. The molecule has 1 saturated heterocycles. The summed E-state index contributed by atoms with van der Waals surface area (Å²) in [6, 6.07) is 6.72. The number of fused-ring (bicyclic) bond motifs is 1. The highest BCUT2D eigenvalue weighted by atomic mass is 19.3. The zero-order valence-electron chi connectivity index (χ0n) is 22.1. The van der Waals surface area contributed by atoms with Crippen molar-refractivity contribution in [3.63, 3.8) is 0 Å². The van der Waals surface area contributed by atoms with Gasteiger partial charge < -0.3 is 19.1 Å². The minimum absolute atomic E-state index is 0.0645. The number of ether oxygens (including phenoxy) is 3. The maximum Gasteiger partial charge on any atom is 0.387 e. The van der Waals surface area contributed by atoms with E-state index < -0.39 is 29.9 Å². The summed E-state index contributed by atoms with van der Waals surface area (Å²) in [5, 5.41) is 4.49. The highest BCUT2D eigenvalue weighted by Crippen LogP contribution is 2.46. The molecule has 11 heteroatoms. The third-order valence-corrected chi connectivity index (χ3v) is 8.36. The number of aromatic nitrogens is 2. The number of morpholine rings is 1. The Bertz CT molecular complexity index is 1450. The van der Waals surface area contributed by atoms with E-state index in [0.717, 1.165) is 24.8 Å². The molecule has 212 valence electrons. The van der Waals surface area contributed by atoms with Crippen molar-refractivity contribution in [3.05, 3.63) is 47.8 Å². The lowest BCUT2D eigenvalue weighted by Crippen LogP contribution is -2.54. The van der Waals surface area contributed by atoms with Gasteiger partial charge in [-0.25, -0.2) is 8.91 Å². The molecule has 3 aliphatic rings. The van der Waals surface area contributed by atoms with Gasteiger partial charge >= 0.3 is 6.61 Å². The first-order valence-electron chi connectivity index (χ1n) is 13.5. The molecular weight excluding hydrogens is 527 g/mol. The van der Waals surface area contributed by atoms with Crippen LogP contribution in [0.3, 0.4) is 0 Å². The Labute approximate surface area is 229 Å². The Morgan fingerprint density at radius 2 is 1.90 bits per heavy atom. The van der Waals surface area contributed by atoms with Gasteiger partial charge in [0.25, 0.3) is 0 Å². The maximum absolute atomic E-state index is 13.5. The fourth-order valence-corrected chi connectivity index (χ4v) is 5.85. The lowest BCUT2D eigenvalue weighted by Gasteiger charge is -2.44. The second kappa shape index (κ2) is 10.4. The number of carbonyl (C=O) groups is 2. The smallest absolute Gasteiger partial charge is 0.387 e. The molecule has 0 radical (unpaired) electrons. The Morgan fingerprint density at radius 1 is 1.18 bits per heavy atom. The van der Waals surface area contributed by atoms with Crippen LogP contribution in [0.5, 0.6) is 11.5 Å². The molecule has 3 aromatic rings. The van der Waals surface area contributed by atoms with Crippen LogP contribution in [0.15, 0.2) is 36.7 Å². The van der Waals surface area contributed by atoms with E-state index in [4.69, 9.17) is 14.2 Å². The average molecular weight is 558 g/mol. The molecular formula is C29H30F3N3O5. The maximum atomic E-state index is 13.5. The minimum Gasteiger partial charge on any atom is -0.496 e. The number of amides is 1. The van der Waals surface area contributed by atoms with Crippen LogP contribution in [0.1, 0.15) is 48.0 Å². The molecule has 3 fully saturated rings. The summed E-state index contributed by atoms with van der Waals surface area (Å²) in [7, 11) is 1.34. The summed E-state index contributed by atoms with van der Waals surface area (Å²) in [6.07, 6.45) is 5.04. The summed E-state index contributed by atoms with van der Waals surface area (Å²) in [5.74, 6) is -1.08. The van der Waals surface area contributed by atoms with Crippen molar-refractivity contribution in [2.45, 2.75) is 50.3 Å². The van der Waals surface area contributed by atoms with Crippen LogP contribution < -0.4 is 9.47 Å². The van der Waals surface area contributed by atoms with Crippen molar-refractivity contribution in [2.24, 2.45) is 5.92 Å². The van der Waals surface area contributed by atoms with E-state index in [-0.39, 0.29) is 35.8 Å². The number of benzene rings is 1. The van der Waals surface area contributed by atoms with Crippen LogP contribution in [0, 0.1) is 5.92 Å². The SMILES string of the molecule is COc1cc(-c2cnn3cc(C4(C(=O)N5CCOCC5)CCC4)ccc23)cc(OC(F)F)c1C(=O)C[C@@H]1C[C@@H]1F. The summed E-state index contributed by atoms with van der Waals surface area (Å²) >= 11 is 0. The summed E-state index contributed by atoms with van der Waals surface area (Å²) < 4.78 is 57.4. The number of halogens is 3. The topological polar surface area (TPSA) is 82.4 Å². The van der Waals surface area contributed by atoms with Crippen molar-refractivity contribution in [1.82, 2.24) is 14.5 Å². The lowest BCUT2D eigenvalue weighted by molar-refractivity contribution is -0.145. The van der Waals surface area contributed by atoms with E-state index >= 15 is 0 Å². The van der Waals surface area contributed by atoms with Crippen molar-refractivity contribution in [1.29, 1.82) is 0 Å². The van der Waals surface area contributed by atoms with Gasteiger partial charge in [-0.05, 0) is 48.6 Å². The number of methoxy groups -OCH3 is 1. The molecule has 2 saturated carbocycles. The first-order chi connectivity index (χ1) is 19.3. The molecule has 2 aromatic heterocycles. The van der Waals surface area contributed by atoms with E-state index in [0.29, 0.717) is 42.9 Å². The van der Waals surface area contributed by atoms with Crippen LogP contribution in [0.4, 0.5) is 13.2 Å². The summed E-state index contributed by atoms with van der Waals surface area (Å²) in [6.45, 7) is -0.952. The molecule has 0 N–H and O–H groups in total. The quantitative estimate of drug-likeness (QED) is 0.351. The predicted octanol–water partition coefficient (Wildman–Crippen LogP) is 4.82. The number of alkyl halides is 3. The Kier molecular flexibility index (Phi) is 6.93. The standard InChI is InChI=1S/C29H30F3N3O5/c1-38-24-13-17(14-25(40-28(31)32)26(24)23(36)12-18-11-21(18)30)20-15-33-35-16-19(3-4-22(20)35)29(5-2-6-29)27(37)34-7-9-39-10-8-34/h3-4,13-16,18,21,28H,2,5-12H2,1H3/t18-,21-/m0/s1. The zero-order chi connectivity index (χ0) is 28.0. The molecule has 0 unspecified atom stereocenters. The monoisotopic (exact) mass is 557 g/mol. The molecule has 0 bridgehead atoms. The van der Waals surface area contributed by atoms with Gasteiger partial charge in [-0.15, -0.1) is 0 Å². The molecule has 2 aliphatic carbocycles. The average Bonchev–Trinajstić information content (AvgIpc) is 3.44. The molecule has 40 heavy (non-hydrogen) atoms. The van der Waals surface area contributed by atoms with Crippen LogP contribution in [-0.4, -0.2) is 72.4 Å². The van der Waals surface area contributed by atoms with Gasteiger partial charge in [0.1, 0.15) is 23.2 Å². The lowest BCUT2D eigenvalue weighted by atomic mass is 9.64. The van der Waals surface area contributed by atoms with Gasteiger partial charge in [0.15, 0.2) is 5.78 Å². The molecule has 1 aromatic carbocycles. The van der Waals surface area contributed by atoms with Gasteiger partial charge in [0.2, 0.25) is 5.91 Å². The molecule has 2 atom stereocenters. The highest BCUT2D eigenvalue weighted by Gasteiger charge is 2.48. The van der Waals surface area contributed by atoms with Crippen LogP contribution in [-0.2, 0) is 14.9 Å². The fraction of sp³-hybridized carbons (Fsp3) is 0.483. The summed E-state index contributed by atoms with van der Waals surface area (Å²) in [4.78, 5) is 28.4. The molecule has 1 amide bonds. The molecule has 6 rings (SSSR count). The van der Waals surface area contributed by atoms with E-state index in [1.807, 2.05) is 23.2 Å². The predicted molar refractivity (Wildman–Crippen MR) is 139 cm³/mol. The normalized spacial score (nSPS) is 21.8. The van der Waals surface area contributed by atoms with Gasteiger partial charge in [0.05, 0.1) is 37.5 Å². The number of rotatable bonds is 9. The van der Waals surface area contributed by atoms with Crippen LogP contribution in [0.2, 0.25) is 0 Å². The third kappa shape index (κ3) is 4.70. The van der Waals surface area contributed by atoms with Gasteiger partial charge in [-0.3, -0.25) is 9.59 Å². The third-order valence-electron chi connectivity index (χ3n) is 8.36. The number of nitrogens with zero attached hydrogens (tertiary/aromatic N) is 3. The first-order valence-corrected chi connectivity index (χ1v) is 13.5. The number of ketones is 1. The van der Waals surface area contributed by atoms with Gasteiger partial charge in [-0.2, -0.15) is 13.9 Å². The minimum atomic E-state index is -3.17. The number of carbonyl (C=O) groups excluding carboxylic acids is 2. The number of Topliss-reactive ketones (excluding diaryl/α,β-unsaturated/α-hetero) is 1. The largest absolute Gasteiger partial charge is 0.496 e. The molecule has 8 nitrogen and oxygen atoms in total. The molecule has 1 aliphatic heterocycles. The summed E-state index contributed by atoms with van der Waals surface area (Å²) in [5.41, 5.74) is 1.91. The molecule has 3 heterocycles. The van der Waals surface area contributed by atoms with Crippen molar-refractivity contribution < 1.29 is 37.0 Å². The Balaban J connectivity index is 1.35. The van der Waals surface area contributed by atoms with Crippen LogP contribution in [0.25, 0.3) is 16.6 Å². The second-order valence-electron chi connectivity index (χ2n) is 10.7. The Hall–Kier alpha value is -3.60. The molecule has 0 spiro atoms. The van der Waals surface area contributed by atoms with E-state index in [9.17, 15) is 22.8 Å². The van der Waals surface area contributed by atoms with Gasteiger partial charge in [0, 0.05) is 37.2 Å².